The molecule has 4 aliphatic rings. The second kappa shape index (κ2) is 7.85. The third-order valence-electron chi connectivity index (χ3n) is 10.4. The van der Waals surface area contributed by atoms with Crippen LogP contribution in [0.4, 0.5) is 0 Å². The fourth-order valence-corrected chi connectivity index (χ4v) is 8.75. The van der Waals surface area contributed by atoms with E-state index in [1.165, 1.54) is 63.4 Å². The van der Waals surface area contributed by atoms with Gasteiger partial charge < -0.3 is 5.11 Å². The zero-order chi connectivity index (χ0) is 21.0. The van der Waals surface area contributed by atoms with Crippen molar-refractivity contribution in [3.05, 3.63) is 22.8 Å². The van der Waals surface area contributed by atoms with Crippen molar-refractivity contribution in [2.45, 2.75) is 112 Å². The Labute approximate surface area is 180 Å². The third-order valence-corrected chi connectivity index (χ3v) is 10.4. The summed E-state index contributed by atoms with van der Waals surface area (Å²) in [6.45, 7) is 14.5. The first kappa shape index (κ1) is 21.7. The zero-order valence-corrected chi connectivity index (χ0v) is 20.1. The molecule has 2 fully saturated rings. The van der Waals surface area contributed by atoms with Gasteiger partial charge in [0.2, 0.25) is 0 Å². The lowest BCUT2D eigenvalue weighted by molar-refractivity contribution is -0.0591. The van der Waals surface area contributed by atoms with Gasteiger partial charge in [0.25, 0.3) is 0 Å². The molecule has 1 unspecified atom stereocenters. The minimum atomic E-state index is -0.112. The molecule has 8 atom stereocenters. The monoisotopic (exact) mass is 398 g/mol. The maximum Gasteiger partial charge on any atom is 0.0633 e. The molecule has 0 radical (unpaired) electrons. The Kier molecular flexibility index (Phi) is 5.86. The van der Waals surface area contributed by atoms with E-state index in [0.717, 1.165) is 30.1 Å². The van der Waals surface area contributed by atoms with Gasteiger partial charge in [-0.25, -0.2) is 0 Å². The highest BCUT2D eigenvalue weighted by Gasteiger charge is 2.58. The smallest absolute Gasteiger partial charge is 0.0633 e. The predicted octanol–water partition coefficient (Wildman–Crippen LogP) is 7.70. The van der Waals surface area contributed by atoms with Crippen LogP contribution in [-0.4, -0.2) is 11.2 Å². The highest BCUT2D eigenvalue weighted by atomic mass is 16.3. The summed E-state index contributed by atoms with van der Waals surface area (Å²) in [5, 5.41) is 11.2. The summed E-state index contributed by atoms with van der Waals surface area (Å²) >= 11 is 0. The molecule has 0 aliphatic heterocycles. The number of hydrogen-bond donors (Lipinski definition) is 1. The summed E-state index contributed by atoms with van der Waals surface area (Å²) < 4.78 is 0. The van der Waals surface area contributed by atoms with E-state index in [1.54, 1.807) is 5.57 Å². The van der Waals surface area contributed by atoms with E-state index < -0.39 is 0 Å². The minimum Gasteiger partial charge on any atom is -0.392 e. The second-order valence-electron chi connectivity index (χ2n) is 12.1. The lowest BCUT2D eigenvalue weighted by Gasteiger charge is -2.57. The van der Waals surface area contributed by atoms with E-state index in [0.29, 0.717) is 11.3 Å². The molecule has 0 aromatic heterocycles. The maximum absolute atomic E-state index is 11.2. The molecular weight excluding hydrogens is 352 g/mol. The van der Waals surface area contributed by atoms with Gasteiger partial charge in [-0.3, -0.25) is 0 Å². The number of fused-ring (bicyclic) bond motifs is 4. The number of rotatable bonds is 4. The largest absolute Gasteiger partial charge is 0.392 e. The average molecular weight is 399 g/mol. The van der Waals surface area contributed by atoms with Crippen molar-refractivity contribution in [3.63, 3.8) is 0 Å². The van der Waals surface area contributed by atoms with E-state index in [4.69, 9.17) is 0 Å². The van der Waals surface area contributed by atoms with Gasteiger partial charge in [-0.1, -0.05) is 50.5 Å². The summed E-state index contributed by atoms with van der Waals surface area (Å²) in [5.41, 5.74) is 5.58. The normalized spacial score (nSPS) is 45.3. The third kappa shape index (κ3) is 3.38. The van der Waals surface area contributed by atoms with Gasteiger partial charge in [0.1, 0.15) is 0 Å². The molecule has 4 rings (SSSR count). The van der Waals surface area contributed by atoms with Crippen LogP contribution in [0.1, 0.15) is 106 Å². The molecule has 1 heteroatoms. The molecule has 29 heavy (non-hydrogen) atoms. The molecule has 0 aromatic rings. The lowest BCUT2D eigenvalue weighted by atomic mass is 9.48. The van der Waals surface area contributed by atoms with Crippen LogP contribution >= 0.6 is 0 Å². The Morgan fingerprint density at radius 2 is 1.86 bits per heavy atom. The van der Waals surface area contributed by atoms with Crippen LogP contribution < -0.4 is 0 Å². The molecule has 0 aromatic carbocycles. The Bertz CT molecular complexity index is 682. The summed E-state index contributed by atoms with van der Waals surface area (Å²) in [6.07, 6.45) is 15.2. The quantitative estimate of drug-likeness (QED) is 0.481. The van der Waals surface area contributed by atoms with E-state index in [1.807, 2.05) is 5.57 Å². The minimum absolute atomic E-state index is 0.0692. The van der Waals surface area contributed by atoms with Crippen LogP contribution in [0.3, 0.4) is 0 Å². The molecule has 1 nitrogen and oxygen atoms in total. The van der Waals surface area contributed by atoms with Crippen LogP contribution in [0.15, 0.2) is 22.8 Å². The molecule has 0 heterocycles. The van der Waals surface area contributed by atoms with Gasteiger partial charge in [0.05, 0.1) is 6.10 Å². The number of aliphatic hydroxyl groups excluding tert-OH is 1. The SMILES string of the molecule is CC(C)=CCC[C@@H](C)[C@H]1CC[C@H]2C3=C(CC[C@]12C)[C@@]1(C)C(O)CC[C@@H](C)[C@@H]1CC3. The Morgan fingerprint density at radius 1 is 1.10 bits per heavy atom. The standard InChI is InChI=1S/C28H46O/c1-18(2)8-7-9-19(3)22-13-14-24-21-11-12-23-20(4)10-15-26(29)28(23,6)25(21)16-17-27(22,24)5/h8,19-20,22-24,26,29H,7,9-17H2,1-6H3/t19-,20-,22-,23+,24+,26?,27-,28+/m1/s1. The Balaban J connectivity index is 1.59. The fraction of sp³-hybridized carbons (Fsp3) is 0.857. The molecule has 2 saturated carbocycles. The van der Waals surface area contributed by atoms with Crippen molar-refractivity contribution in [2.75, 3.05) is 0 Å². The molecule has 0 amide bonds. The second-order valence-corrected chi connectivity index (χ2v) is 12.1. The fourth-order valence-electron chi connectivity index (χ4n) is 8.75. The van der Waals surface area contributed by atoms with Crippen LogP contribution in [0.2, 0.25) is 0 Å². The van der Waals surface area contributed by atoms with Crippen LogP contribution in [0.25, 0.3) is 0 Å². The van der Waals surface area contributed by atoms with E-state index in [9.17, 15) is 5.11 Å². The van der Waals surface area contributed by atoms with Crippen molar-refractivity contribution >= 4 is 0 Å². The van der Waals surface area contributed by atoms with Gasteiger partial charge >= 0.3 is 0 Å². The molecule has 0 spiro atoms. The summed E-state index contributed by atoms with van der Waals surface area (Å²) in [6, 6.07) is 0. The van der Waals surface area contributed by atoms with Crippen LogP contribution in [0, 0.1) is 40.4 Å². The van der Waals surface area contributed by atoms with Crippen molar-refractivity contribution < 1.29 is 5.11 Å². The van der Waals surface area contributed by atoms with Crippen LogP contribution in [0.5, 0.6) is 0 Å². The van der Waals surface area contributed by atoms with Crippen molar-refractivity contribution in [3.8, 4) is 0 Å². The van der Waals surface area contributed by atoms with Crippen LogP contribution in [-0.2, 0) is 0 Å². The number of allylic oxidation sites excluding steroid dienone is 3. The average Bonchev–Trinajstić information content (AvgIpc) is 3.02. The van der Waals surface area contributed by atoms with E-state index >= 15 is 0 Å². The van der Waals surface area contributed by atoms with Gasteiger partial charge in [0.15, 0.2) is 0 Å². The molecule has 0 saturated heterocycles. The highest BCUT2D eigenvalue weighted by Crippen LogP contribution is 2.66. The summed E-state index contributed by atoms with van der Waals surface area (Å²) in [4.78, 5) is 0. The first-order valence-corrected chi connectivity index (χ1v) is 12.7. The predicted molar refractivity (Wildman–Crippen MR) is 124 cm³/mol. The Hall–Kier alpha value is -0.560. The van der Waals surface area contributed by atoms with Gasteiger partial charge in [0, 0.05) is 5.41 Å². The highest BCUT2D eigenvalue weighted by molar-refractivity contribution is 5.35. The van der Waals surface area contributed by atoms with Crippen molar-refractivity contribution in [2.24, 2.45) is 40.4 Å². The lowest BCUT2D eigenvalue weighted by Crippen LogP contribution is -2.52. The first-order valence-electron chi connectivity index (χ1n) is 12.7. The van der Waals surface area contributed by atoms with E-state index in [2.05, 4.69) is 47.6 Å². The molecule has 1 N–H and O–H groups in total. The van der Waals surface area contributed by atoms with Gasteiger partial charge in [-0.15, -0.1) is 0 Å². The van der Waals surface area contributed by atoms with Gasteiger partial charge in [-0.2, -0.15) is 0 Å². The molecule has 164 valence electrons. The first-order chi connectivity index (χ1) is 13.7. The van der Waals surface area contributed by atoms with Crippen molar-refractivity contribution in [1.29, 1.82) is 0 Å². The topological polar surface area (TPSA) is 20.2 Å². The Morgan fingerprint density at radius 3 is 2.59 bits per heavy atom. The van der Waals surface area contributed by atoms with Crippen molar-refractivity contribution in [1.82, 2.24) is 0 Å². The van der Waals surface area contributed by atoms with E-state index in [-0.39, 0.29) is 11.5 Å². The maximum atomic E-state index is 11.2. The summed E-state index contributed by atoms with van der Waals surface area (Å²) in [5.74, 6) is 3.99. The molecular formula is C28H46O. The summed E-state index contributed by atoms with van der Waals surface area (Å²) in [7, 11) is 0. The van der Waals surface area contributed by atoms with Gasteiger partial charge in [-0.05, 0) is 113 Å². The zero-order valence-electron chi connectivity index (χ0n) is 20.1. The molecule has 0 bridgehead atoms. The number of aliphatic hydroxyl groups is 1. The molecule has 4 aliphatic carbocycles. The number of hydrogen-bond acceptors (Lipinski definition) is 1.